The van der Waals surface area contributed by atoms with Crippen LogP contribution in [0, 0.1) is 11.6 Å². The van der Waals surface area contributed by atoms with Crippen molar-refractivity contribution in [1.82, 2.24) is 0 Å². The van der Waals surface area contributed by atoms with E-state index in [2.05, 4.69) is 4.74 Å². The Kier molecular flexibility index (Phi) is 4.23. The van der Waals surface area contributed by atoms with E-state index in [9.17, 15) is 8.78 Å². The van der Waals surface area contributed by atoms with Crippen LogP contribution in [0.4, 0.5) is 8.78 Å². The van der Waals surface area contributed by atoms with Gasteiger partial charge in [0.15, 0.2) is 11.6 Å². The number of halogens is 5. The summed E-state index contributed by atoms with van der Waals surface area (Å²) in [4.78, 5) is 0. The zero-order valence-corrected chi connectivity index (χ0v) is 10.9. The minimum atomic E-state index is -3.01. The minimum Gasteiger partial charge on any atom is -0.494 e. The highest BCUT2D eigenvalue weighted by Gasteiger charge is 2.28. The third-order valence-corrected chi connectivity index (χ3v) is 3.72. The summed E-state index contributed by atoms with van der Waals surface area (Å²) in [6.45, 7) is 0. The van der Waals surface area contributed by atoms with Crippen molar-refractivity contribution >= 4 is 39.2 Å². The maximum absolute atomic E-state index is 13.4. The zero-order valence-electron chi connectivity index (χ0n) is 7.66. The van der Waals surface area contributed by atoms with Crippen LogP contribution in [0.5, 0.6) is 5.75 Å². The van der Waals surface area contributed by atoms with Gasteiger partial charge in [-0.25, -0.2) is 4.39 Å². The molecule has 0 saturated carbocycles. The number of rotatable bonds is 3. The van der Waals surface area contributed by atoms with Crippen molar-refractivity contribution in [2.45, 2.75) is 6.04 Å². The van der Waals surface area contributed by atoms with Crippen molar-refractivity contribution in [1.29, 1.82) is 0 Å². The topological polar surface area (TPSA) is 9.23 Å². The van der Waals surface area contributed by atoms with Gasteiger partial charge in [-0.2, -0.15) is 4.39 Å². The van der Waals surface area contributed by atoms with Gasteiger partial charge in [-0.05, 0) is 11.6 Å². The molecule has 0 heterocycles. The average Bonchev–Trinajstić information content (AvgIpc) is 2.11. The normalized spacial score (nSPS) is 11.6. The van der Waals surface area contributed by atoms with Crippen molar-refractivity contribution < 1.29 is 13.5 Å². The largest absolute Gasteiger partial charge is 0.494 e. The molecular weight excluding hydrogens is 285 g/mol. The quantitative estimate of drug-likeness (QED) is 0.609. The van der Waals surface area contributed by atoms with Crippen LogP contribution in [0.1, 0.15) is 5.56 Å². The molecule has 0 saturated heterocycles. The lowest BCUT2D eigenvalue weighted by Gasteiger charge is -2.10. The fourth-order valence-corrected chi connectivity index (χ4v) is 3.08. The van der Waals surface area contributed by atoms with E-state index in [0.29, 0.717) is 0 Å². The number of hydrogen-bond donors (Lipinski definition) is 0. The van der Waals surface area contributed by atoms with E-state index in [-0.39, 0.29) is 17.4 Å². The molecule has 0 bridgehead atoms. The third kappa shape index (κ3) is 3.48. The molecular formula is C8H7Cl3F2OSi. The molecule has 0 N–H and O–H groups in total. The van der Waals surface area contributed by atoms with Crippen LogP contribution in [0.3, 0.4) is 0 Å². The molecule has 1 aromatic rings. The number of methoxy groups -OCH3 is 1. The van der Waals surface area contributed by atoms with Gasteiger partial charge in [0.25, 0.3) is 0 Å². The SMILES string of the molecule is COc1ccc(C[Si](Cl)(Cl)Cl)c(F)c1F. The summed E-state index contributed by atoms with van der Waals surface area (Å²) < 4.78 is 31.2. The predicted octanol–water partition coefficient (Wildman–Crippen LogP) is 3.71. The Morgan fingerprint density at radius 3 is 2.27 bits per heavy atom. The van der Waals surface area contributed by atoms with Crippen LogP contribution in [0.2, 0.25) is 0 Å². The molecule has 0 aliphatic heterocycles. The first-order valence-corrected chi connectivity index (χ1v) is 9.17. The molecule has 0 fully saturated rings. The van der Waals surface area contributed by atoms with Crippen LogP contribution >= 0.6 is 33.2 Å². The van der Waals surface area contributed by atoms with Crippen molar-refractivity contribution in [2.24, 2.45) is 0 Å². The monoisotopic (exact) mass is 290 g/mol. The molecule has 1 rings (SSSR count). The summed E-state index contributed by atoms with van der Waals surface area (Å²) in [6.07, 6.45) is 0. The summed E-state index contributed by atoms with van der Waals surface area (Å²) in [6, 6.07) is -0.418. The van der Waals surface area contributed by atoms with E-state index in [1.165, 1.54) is 19.2 Å². The number of benzene rings is 1. The molecule has 0 radical (unpaired) electrons. The lowest BCUT2D eigenvalue weighted by Crippen LogP contribution is -2.16. The van der Waals surface area contributed by atoms with Gasteiger partial charge in [0.1, 0.15) is 0 Å². The molecule has 1 nitrogen and oxygen atoms in total. The first kappa shape index (κ1) is 13.0. The van der Waals surface area contributed by atoms with Crippen molar-refractivity contribution in [3.05, 3.63) is 29.3 Å². The molecule has 0 spiro atoms. The first-order valence-electron chi connectivity index (χ1n) is 3.93. The molecule has 0 aromatic heterocycles. The van der Waals surface area contributed by atoms with E-state index in [4.69, 9.17) is 33.2 Å². The Labute approximate surface area is 101 Å². The first-order chi connectivity index (χ1) is 6.85. The highest BCUT2D eigenvalue weighted by Crippen LogP contribution is 2.29. The van der Waals surface area contributed by atoms with Crippen LogP contribution in [0.25, 0.3) is 0 Å². The maximum atomic E-state index is 13.4. The second-order valence-electron chi connectivity index (χ2n) is 2.85. The van der Waals surface area contributed by atoms with Crippen LogP contribution in [-0.2, 0) is 6.04 Å². The molecule has 0 aliphatic carbocycles. The fraction of sp³-hybridized carbons (Fsp3) is 0.250. The summed E-state index contributed by atoms with van der Waals surface area (Å²) in [5, 5.41) is 0. The van der Waals surface area contributed by atoms with Crippen LogP contribution in [-0.4, -0.2) is 13.1 Å². The van der Waals surface area contributed by atoms with Gasteiger partial charge in [-0.15, -0.1) is 33.2 Å². The highest BCUT2D eigenvalue weighted by atomic mass is 35.8. The van der Waals surface area contributed by atoms with Crippen molar-refractivity contribution in [3.8, 4) is 5.75 Å². The summed E-state index contributed by atoms with van der Waals surface area (Å²) in [5.74, 6) is -2.24. The Morgan fingerprint density at radius 2 is 1.80 bits per heavy atom. The van der Waals surface area contributed by atoms with E-state index < -0.39 is 17.6 Å². The molecule has 7 heteroatoms. The van der Waals surface area contributed by atoms with Gasteiger partial charge in [-0.1, -0.05) is 6.07 Å². The molecule has 84 valence electrons. The van der Waals surface area contributed by atoms with Gasteiger partial charge in [0.2, 0.25) is 5.82 Å². The van der Waals surface area contributed by atoms with Crippen molar-refractivity contribution in [3.63, 3.8) is 0 Å². The Hall–Kier alpha value is -0.0331. The molecule has 0 unspecified atom stereocenters. The lowest BCUT2D eigenvalue weighted by atomic mass is 10.2. The Bertz CT molecular complexity index is 368. The smallest absolute Gasteiger partial charge is 0.345 e. The second kappa shape index (κ2) is 4.87. The Morgan fingerprint density at radius 1 is 1.20 bits per heavy atom. The molecule has 0 atom stereocenters. The fourth-order valence-electron chi connectivity index (χ4n) is 1.08. The minimum absolute atomic E-state index is 0.0555. The van der Waals surface area contributed by atoms with E-state index in [1.807, 2.05) is 0 Å². The summed E-state index contributed by atoms with van der Waals surface area (Å²) >= 11 is 16.8. The molecule has 1 aromatic carbocycles. The van der Waals surface area contributed by atoms with Gasteiger partial charge in [-0.3, -0.25) is 0 Å². The molecule has 15 heavy (non-hydrogen) atoms. The maximum Gasteiger partial charge on any atom is 0.345 e. The van der Waals surface area contributed by atoms with E-state index in [0.717, 1.165) is 0 Å². The highest BCUT2D eigenvalue weighted by molar-refractivity contribution is 7.64. The molecule has 0 aliphatic rings. The van der Waals surface area contributed by atoms with E-state index in [1.54, 1.807) is 0 Å². The Balaban J connectivity index is 3.07. The second-order valence-corrected chi connectivity index (χ2v) is 12.0. The number of hydrogen-bond acceptors (Lipinski definition) is 1. The average molecular weight is 292 g/mol. The standard InChI is InChI=1S/C8H7Cl3F2OSi/c1-14-6-3-2-5(4-15(9,10)11)7(12)8(6)13/h2-3H,4H2,1H3. The van der Waals surface area contributed by atoms with Crippen molar-refractivity contribution in [2.75, 3.05) is 7.11 Å². The van der Waals surface area contributed by atoms with Gasteiger partial charge < -0.3 is 4.74 Å². The van der Waals surface area contributed by atoms with E-state index >= 15 is 0 Å². The molecule has 0 amide bonds. The summed E-state index contributed by atoms with van der Waals surface area (Å²) in [5.41, 5.74) is 0.0555. The van der Waals surface area contributed by atoms with Gasteiger partial charge >= 0.3 is 6.00 Å². The number of ether oxygens (including phenoxy) is 1. The van der Waals surface area contributed by atoms with Crippen LogP contribution < -0.4 is 4.74 Å². The predicted molar refractivity (Wildman–Crippen MR) is 59.9 cm³/mol. The van der Waals surface area contributed by atoms with Crippen LogP contribution in [0.15, 0.2) is 12.1 Å². The summed E-state index contributed by atoms with van der Waals surface area (Å²) in [7, 11) is 1.25. The zero-order chi connectivity index (χ0) is 11.6. The third-order valence-electron chi connectivity index (χ3n) is 1.74. The lowest BCUT2D eigenvalue weighted by molar-refractivity contribution is 0.370. The van der Waals surface area contributed by atoms with Gasteiger partial charge in [0.05, 0.1) is 7.11 Å². The van der Waals surface area contributed by atoms with Gasteiger partial charge in [0, 0.05) is 6.04 Å².